The van der Waals surface area contributed by atoms with Crippen molar-refractivity contribution in [3.63, 3.8) is 0 Å². The lowest BCUT2D eigenvalue weighted by molar-refractivity contribution is 0.181. The van der Waals surface area contributed by atoms with Crippen LogP contribution in [0.2, 0.25) is 0 Å². The van der Waals surface area contributed by atoms with Crippen molar-refractivity contribution in [1.82, 2.24) is 0 Å². The number of hydrogen-bond donors (Lipinski definition) is 1. The van der Waals surface area contributed by atoms with Crippen LogP contribution in [0.25, 0.3) is 0 Å². The zero-order valence-corrected chi connectivity index (χ0v) is 13.6. The zero-order valence-electron chi connectivity index (χ0n) is 12.8. The van der Waals surface area contributed by atoms with Crippen molar-refractivity contribution in [3.05, 3.63) is 57.3 Å². The van der Waals surface area contributed by atoms with E-state index in [0.29, 0.717) is 6.42 Å². The highest BCUT2D eigenvalue weighted by Gasteiger charge is 2.16. The molecule has 2 heteroatoms. The van der Waals surface area contributed by atoms with Crippen LogP contribution in [0.5, 0.6) is 0 Å². The highest BCUT2D eigenvalue weighted by atomic mass is 32.1. The molecule has 0 saturated heterocycles. The summed E-state index contributed by atoms with van der Waals surface area (Å²) in [5, 5.41) is 12.5. The van der Waals surface area contributed by atoms with Gasteiger partial charge in [0.25, 0.3) is 0 Å². The van der Waals surface area contributed by atoms with Gasteiger partial charge in [-0.3, -0.25) is 0 Å². The Labute approximate surface area is 126 Å². The molecule has 0 aliphatic carbocycles. The molecule has 0 saturated carbocycles. The first-order valence-corrected chi connectivity index (χ1v) is 8.13. The molecule has 0 fully saturated rings. The average molecular weight is 288 g/mol. The van der Waals surface area contributed by atoms with E-state index in [-0.39, 0.29) is 11.5 Å². The van der Waals surface area contributed by atoms with Gasteiger partial charge in [0, 0.05) is 11.3 Å². The van der Waals surface area contributed by atoms with E-state index in [9.17, 15) is 5.11 Å². The minimum Gasteiger partial charge on any atom is -0.387 e. The first-order chi connectivity index (χ1) is 9.41. The molecule has 20 heavy (non-hydrogen) atoms. The van der Waals surface area contributed by atoms with Crippen LogP contribution in [0.15, 0.2) is 35.7 Å². The number of aliphatic hydroxyl groups is 1. The number of aryl methyl sites for hydroxylation is 1. The van der Waals surface area contributed by atoms with Crippen LogP contribution in [0, 0.1) is 0 Å². The van der Waals surface area contributed by atoms with Gasteiger partial charge in [0.05, 0.1) is 6.10 Å². The van der Waals surface area contributed by atoms with Crippen molar-refractivity contribution < 1.29 is 5.11 Å². The SMILES string of the molecule is CCc1ccsc1C(O)Cc1ccc(C(C)(C)C)cc1. The van der Waals surface area contributed by atoms with Gasteiger partial charge in [-0.2, -0.15) is 0 Å². The molecule has 1 aromatic heterocycles. The molecule has 0 aliphatic heterocycles. The second kappa shape index (κ2) is 6.11. The minimum absolute atomic E-state index is 0.181. The molecule has 2 rings (SSSR count). The highest BCUT2D eigenvalue weighted by Crippen LogP contribution is 2.28. The fourth-order valence-corrected chi connectivity index (χ4v) is 3.37. The molecule has 0 radical (unpaired) electrons. The lowest BCUT2D eigenvalue weighted by Crippen LogP contribution is -2.11. The van der Waals surface area contributed by atoms with Gasteiger partial charge in [0.1, 0.15) is 0 Å². The van der Waals surface area contributed by atoms with Gasteiger partial charge in [0.2, 0.25) is 0 Å². The molecule has 0 bridgehead atoms. The van der Waals surface area contributed by atoms with Crippen LogP contribution in [-0.4, -0.2) is 5.11 Å². The third kappa shape index (κ3) is 3.50. The second-order valence-electron chi connectivity index (χ2n) is 6.33. The minimum atomic E-state index is -0.384. The van der Waals surface area contributed by atoms with E-state index >= 15 is 0 Å². The van der Waals surface area contributed by atoms with Crippen molar-refractivity contribution >= 4 is 11.3 Å². The summed E-state index contributed by atoms with van der Waals surface area (Å²) in [7, 11) is 0. The van der Waals surface area contributed by atoms with Crippen LogP contribution < -0.4 is 0 Å². The van der Waals surface area contributed by atoms with E-state index < -0.39 is 0 Å². The average Bonchev–Trinajstić information content (AvgIpc) is 2.86. The molecule has 2 aromatic rings. The summed E-state index contributed by atoms with van der Waals surface area (Å²) in [6.07, 6.45) is 1.29. The molecule has 1 aromatic carbocycles. The molecule has 1 heterocycles. The predicted molar refractivity (Wildman–Crippen MR) is 87.5 cm³/mol. The van der Waals surface area contributed by atoms with Gasteiger partial charge >= 0.3 is 0 Å². The van der Waals surface area contributed by atoms with E-state index in [1.165, 1.54) is 16.7 Å². The van der Waals surface area contributed by atoms with Gasteiger partial charge in [-0.05, 0) is 40.0 Å². The summed E-state index contributed by atoms with van der Waals surface area (Å²) in [6, 6.07) is 10.8. The molecule has 0 amide bonds. The number of thiophene rings is 1. The summed E-state index contributed by atoms with van der Waals surface area (Å²) in [4.78, 5) is 1.12. The summed E-state index contributed by atoms with van der Waals surface area (Å²) >= 11 is 1.66. The van der Waals surface area contributed by atoms with E-state index in [4.69, 9.17) is 0 Å². The monoisotopic (exact) mass is 288 g/mol. The van der Waals surface area contributed by atoms with E-state index in [2.05, 4.69) is 63.4 Å². The van der Waals surface area contributed by atoms with Crippen LogP contribution in [-0.2, 0) is 18.3 Å². The van der Waals surface area contributed by atoms with Gasteiger partial charge in [-0.15, -0.1) is 11.3 Å². The Morgan fingerprint density at radius 2 is 1.75 bits per heavy atom. The van der Waals surface area contributed by atoms with Crippen LogP contribution in [0.3, 0.4) is 0 Å². The molecule has 0 aliphatic rings. The number of aliphatic hydroxyl groups excluding tert-OH is 1. The Morgan fingerprint density at radius 3 is 2.30 bits per heavy atom. The Morgan fingerprint density at radius 1 is 1.10 bits per heavy atom. The zero-order chi connectivity index (χ0) is 14.8. The number of benzene rings is 1. The molecule has 1 atom stereocenters. The Bertz CT molecular complexity index is 546. The third-order valence-electron chi connectivity index (χ3n) is 3.71. The topological polar surface area (TPSA) is 20.2 Å². The van der Waals surface area contributed by atoms with Gasteiger partial charge < -0.3 is 5.11 Å². The van der Waals surface area contributed by atoms with Crippen LogP contribution >= 0.6 is 11.3 Å². The molecule has 0 spiro atoms. The smallest absolute Gasteiger partial charge is 0.0924 e. The Balaban J connectivity index is 2.10. The third-order valence-corrected chi connectivity index (χ3v) is 4.77. The number of rotatable bonds is 4. The maximum atomic E-state index is 10.4. The predicted octanol–water partition coefficient (Wildman–Crippen LogP) is 4.88. The van der Waals surface area contributed by atoms with Crippen molar-refractivity contribution in [3.8, 4) is 0 Å². The maximum absolute atomic E-state index is 10.4. The fraction of sp³-hybridized carbons (Fsp3) is 0.444. The standard InChI is InChI=1S/C18H24OS/c1-5-14-10-11-20-17(14)16(19)12-13-6-8-15(9-7-13)18(2,3)4/h6-11,16,19H,5,12H2,1-4H3. The first-order valence-electron chi connectivity index (χ1n) is 7.25. The largest absolute Gasteiger partial charge is 0.387 e. The molecular formula is C18H24OS. The lowest BCUT2D eigenvalue weighted by atomic mass is 9.86. The summed E-state index contributed by atoms with van der Waals surface area (Å²) in [5.74, 6) is 0. The normalized spacial score (nSPS) is 13.4. The molecule has 1 N–H and O–H groups in total. The van der Waals surface area contributed by atoms with Crippen molar-refractivity contribution in [2.75, 3.05) is 0 Å². The Hall–Kier alpha value is -1.12. The van der Waals surface area contributed by atoms with E-state index in [1.807, 2.05) is 0 Å². The second-order valence-corrected chi connectivity index (χ2v) is 7.28. The Kier molecular flexibility index (Phi) is 4.66. The van der Waals surface area contributed by atoms with E-state index in [0.717, 1.165) is 11.3 Å². The van der Waals surface area contributed by atoms with E-state index in [1.54, 1.807) is 11.3 Å². The maximum Gasteiger partial charge on any atom is 0.0924 e. The van der Waals surface area contributed by atoms with Crippen molar-refractivity contribution in [2.24, 2.45) is 0 Å². The number of hydrogen-bond acceptors (Lipinski definition) is 2. The quantitative estimate of drug-likeness (QED) is 0.849. The molecular weight excluding hydrogens is 264 g/mol. The van der Waals surface area contributed by atoms with Gasteiger partial charge in [-0.1, -0.05) is 52.0 Å². The molecule has 1 unspecified atom stereocenters. The van der Waals surface area contributed by atoms with Crippen molar-refractivity contribution in [1.29, 1.82) is 0 Å². The fourth-order valence-electron chi connectivity index (χ4n) is 2.39. The molecule has 1 nitrogen and oxygen atoms in total. The summed E-state index contributed by atoms with van der Waals surface area (Å²) in [6.45, 7) is 8.79. The highest BCUT2D eigenvalue weighted by molar-refractivity contribution is 7.10. The summed E-state index contributed by atoms with van der Waals surface area (Å²) in [5.41, 5.74) is 3.98. The van der Waals surface area contributed by atoms with Crippen LogP contribution in [0.1, 0.15) is 55.4 Å². The van der Waals surface area contributed by atoms with Crippen molar-refractivity contribution in [2.45, 2.75) is 52.1 Å². The van der Waals surface area contributed by atoms with Gasteiger partial charge in [-0.25, -0.2) is 0 Å². The summed E-state index contributed by atoms with van der Waals surface area (Å²) < 4.78 is 0. The molecule has 108 valence electrons. The first kappa shape index (κ1) is 15.3. The van der Waals surface area contributed by atoms with Crippen LogP contribution in [0.4, 0.5) is 0 Å². The van der Waals surface area contributed by atoms with Gasteiger partial charge in [0.15, 0.2) is 0 Å². The lowest BCUT2D eigenvalue weighted by Gasteiger charge is -2.19.